The smallest absolute Gasteiger partial charge is 0.230 e. The molecule has 2 aromatic carbocycles. The van der Waals surface area contributed by atoms with E-state index in [1.807, 2.05) is 25.1 Å². The molecule has 0 aliphatic carbocycles. The second kappa shape index (κ2) is 8.04. The first kappa shape index (κ1) is 16.6. The van der Waals surface area contributed by atoms with E-state index in [1.54, 1.807) is 11.8 Å². The van der Waals surface area contributed by atoms with Gasteiger partial charge < -0.3 is 5.32 Å². The van der Waals surface area contributed by atoms with Crippen LogP contribution < -0.4 is 5.32 Å². The Morgan fingerprint density at radius 3 is 2.59 bits per heavy atom. The van der Waals surface area contributed by atoms with Crippen molar-refractivity contribution in [3.05, 3.63) is 70.8 Å². The zero-order valence-corrected chi connectivity index (χ0v) is 14.2. The van der Waals surface area contributed by atoms with E-state index in [9.17, 15) is 4.79 Å². The number of amides is 1. The number of carbonyl (C=O) groups is 1. The molecule has 0 aliphatic heterocycles. The molecule has 0 unspecified atom stereocenters. The Hall–Kier alpha value is -1.74. The molecule has 0 fully saturated rings. The van der Waals surface area contributed by atoms with Crippen molar-refractivity contribution in [1.29, 1.82) is 0 Å². The van der Waals surface area contributed by atoms with E-state index in [0.717, 1.165) is 5.75 Å². The number of hydrogen-bond donors (Lipinski definition) is 1. The van der Waals surface area contributed by atoms with Crippen LogP contribution in [0.2, 0.25) is 0 Å². The maximum atomic E-state index is 12.1. The van der Waals surface area contributed by atoms with Crippen molar-refractivity contribution in [3.63, 3.8) is 0 Å². The van der Waals surface area contributed by atoms with Gasteiger partial charge in [0.2, 0.25) is 5.91 Å². The van der Waals surface area contributed by atoms with E-state index in [2.05, 4.69) is 49.5 Å². The predicted molar refractivity (Wildman–Crippen MR) is 95.1 cm³/mol. The van der Waals surface area contributed by atoms with Gasteiger partial charge in [0, 0.05) is 5.75 Å². The maximum Gasteiger partial charge on any atom is 0.230 e. The van der Waals surface area contributed by atoms with Gasteiger partial charge in [0.15, 0.2) is 0 Å². The lowest BCUT2D eigenvalue weighted by atomic mass is 10.00. The Labute approximate surface area is 137 Å². The summed E-state index contributed by atoms with van der Waals surface area (Å²) < 4.78 is 0. The molecular formula is C19H23NOS. The molecule has 0 saturated carbocycles. The fraction of sp³-hybridized carbons (Fsp3) is 0.316. The fourth-order valence-corrected chi connectivity index (χ4v) is 3.22. The molecule has 0 heterocycles. The van der Waals surface area contributed by atoms with Gasteiger partial charge in [0.25, 0.3) is 0 Å². The molecule has 3 heteroatoms. The SMILES string of the molecule is Cc1ccc(C)c([C@H](C)NC(=O)CSCc2ccccc2)c1. The molecule has 116 valence electrons. The van der Waals surface area contributed by atoms with Gasteiger partial charge in [-0.1, -0.05) is 54.1 Å². The third kappa shape index (κ3) is 4.92. The Kier molecular flexibility index (Phi) is 6.08. The molecule has 1 amide bonds. The van der Waals surface area contributed by atoms with Crippen molar-refractivity contribution < 1.29 is 4.79 Å². The number of rotatable bonds is 6. The van der Waals surface area contributed by atoms with Gasteiger partial charge >= 0.3 is 0 Å². The van der Waals surface area contributed by atoms with Crippen LogP contribution in [0.3, 0.4) is 0 Å². The summed E-state index contributed by atoms with van der Waals surface area (Å²) in [5.41, 5.74) is 4.89. The number of benzene rings is 2. The fourth-order valence-electron chi connectivity index (χ4n) is 2.42. The van der Waals surface area contributed by atoms with Crippen LogP contribution in [0.25, 0.3) is 0 Å². The minimum Gasteiger partial charge on any atom is -0.349 e. The molecule has 1 atom stereocenters. The van der Waals surface area contributed by atoms with Crippen molar-refractivity contribution in [2.24, 2.45) is 0 Å². The summed E-state index contributed by atoms with van der Waals surface area (Å²) >= 11 is 1.65. The van der Waals surface area contributed by atoms with Crippen LogP contribution in [0.4, 0.5) is 0 Å². The normalized spacial score (nSPS) is 12.0. The van der Waals surface area contributed by atoms with E-state index >= 15 is 0 Å². The van der Waals surface area contributed by atoms with Crippen molar-refractivity contribution >= 4 is 17.7 Å². The Morgan fingerprint density at radius 1 is 1.14 bits per heavy atom. The van der Waals surface area contributed by atoms with E-state index in [1.165, 1.54) is 22.3 Å². The second-order valence-electron chi connectivity index (χ2n) is 5.63. The molecule has 0 spiro atoms. The Bertz CT molecular complexity index is 625. The molecule has 2 rings (SSSR count). The molecule has 0 aromatic heterocycles. The highest BCUT2D eigenvalue weighted by molar-refractivity contribution is 7.99. The van der Waals surface area contributed by atoms with Crippen LogP contribution in [0.5, 0.6) is 0 Å². The van der Waals surface area contributed by atoms with Gasteiger partial charge in [-0.15, -0.1) is 11.8 Å². The summed E-state index contributed by atoms with van der Waals surface area (Å²) in [6.07, 6.45) is 0. The second-order valence-corrected chi connectivity index (χ2v) is 6.61. The number of carbonyl (C=O) groups excluding carboxylic acids is 1. The van der Waals surface area contributed by atoms with Crippen LogP contribution in [-0.2, 0) is 10.5 Å². The first-order valence-electron chi connectivity index (χ1n) is 7.54. The van der Waals surface area contributed by atoms with Crippen molar-refractivity contribution in [2.75, 3.05) is 5.75 Å². The molecule has 0 radical (unpaired) electrons. The molecule has 0 bridgehead atoms. The van der Waals surface area contributed by atoms with Crippen molar-refractivity contribution in [1.82, 2.24) is 5.32 Å². The number of hydrogen-bond acceptors (Lipinski definition) is 2. The molecule has 2 aromatic rings. The first-order chi connectivity index (χ1) is 10.6. The molecule has 1 N–H and O–H groups in total. The lowest BCUT2D eigenvalue weighted by Gasteiger charge is -2.17. The zero-order chi connectivity index (χ0) is 15.9. The number of aryl methyl sites for hydroxylation is 2. The van der Waals surface area contributed by atoms with Gasteiger partial charge in [-0.05, 0) is 37.5 Å². The lowest BCUT2D eigenvalue weighted by molar-refractivity contribution is -0.119. The third-order valence-electron chi connectivity index (χ3n) is 3.62. The van der Waals surface area contributed by atoms with E-state index in [-0.39, 0.29) is 11.9 Å². The van der Waals surface area contributed by atoms with Gasteiger partial charge in [-0.2, -0.15) is 0 Å². The summed E-state index contributed by atoms with van der Waals surface area (Å²) in [6, 6.07) is 16.6. The van der Waals surface area contributed by atoms with Crippen molar-refractivity contribution in [3.8, 4) is 0 Å². The molecular weight excluding hydrogens is 290 g/mol. The van der Waals surface area contributed by atoms with Crippen LogP contribution >= 0.6 is 11.8 Å². The average molecular weight is 313 g/mol. The molecule has 2 nitrogen and oxygen atoms in total. The van der Waals surface area contributed by atoms with Gasteiger partial charge in [-0.25, -0.2) is 0 Å². The van der Waals surface area contributed by atoms with E-state index < -0.39 is 0 Å². The highest BCUT2D eigenvalue weighted by atomic mass is 32.2. The Balaban J connectivity index is 1.82. The predicted octanol–water partition coefficient (Wildman–Crippen LogP) is 4.41. The van der Waals surface area contributed by atoms with E-state index in [0.29, 0.717) is 5.75 Å². The monoisotopic (exact) mass is 313 g/mol. The summed E-state index contributed by atoms with van der Waals surface area (Å²) in [6.45, 7) is 6.20. The number of thioether (sulfide) groups is 1. The van der Waals surface area contributed by atoms with Crippen LogP contribution in [0, 0.1) is 13.8 Å². The summed E-state index contributed by atoms with van der Waals surface area (Å²) in [4.78, 5) is 12.1. The quantitative estimate of drug-likeness (QED) is 0.855. The standard InChI is InChI=1S/C19H23NOS/c1-14-9-10-15(2)18(11-14)16(3)20-19(21)13-22-12-17-7-5-4-6-8-17/h4-11,16H,12-13H2,1-3H3,(H,20,21)/t16-/m0/s1. The largest absolute Gasteiger partial charge is 0.349 e. The van der Waals surface area contributed by atoms with Crippen molar-refractivity contribution in [2.45, 2.75) is 32.6 Å². The number of nitrogens with one attached hydrogen (secondary N) is 1. The molecule has 0 saturated heterocycles. The highest BCUT2D eigenvalue weighted by Gasteiger charge is 2.11. The van der Waals surface area contributed by atoms with Crippen LogP contribution in [0.1, 0.15) is 35.2 Å². The summed E-state index contributed by atoms with van der Waals surface area (Å²) in [7, 11) is 0. The zero-order valence-electron chi connectivity index (χ0n) is 13.4. The summed E-state index contributed by atoms with van der Waals surface area (Å²) in [5.74, 6) is 1.45. The first-order valence-corrected chi connectivity index (χ1v) is 8.70. The van der Waals surface area contributed by atoms with Gasteiger partial charge in [0.05, 0.1) is 11.8 Å². The van der Waals surface area contributed by atoms with E-state index in [4.69, 9.17) is 0 Å². The summed E-state index contributed by atoms with van der Waals surface area (Å²) in [5, 5.41) is 3.09. The van der Waals surface area contributed by atoms with Crippen LogP contribution in [-0.4, -0.2) is 11.7 Å². The highest BCUT2D eigenvalue weighted by Crippen LogP contribution is 2.19. The Morgan fingerprint density at radius 2 is 1.86 bits per heavy atom. The molecule has 0 aliphatic rings. The van der Waals surface area contributed by atoms with Gasteiger partial charge in [0.1, 0.15) is 0 Å². The average Bonchev–Trinajstić information content (AvgIpc) is 2.50. The maximum absolute atomic E-state index is 12.1. The minimum atomic E-state index is 0.0460. The third-order valence-corrected chi connectivity index (χ3v) is 4.63. The lowest BCUT2D eigenvalue weighted by Crippen LogP contribution is -2.28. The van der Waals surface area contributed by atoms with Crippen LogP contribution in [0.15, 0.2) is 48.5 Å². The topological polar surface area (TPSA) is 29.1 Å². The minimum absolute atomic E-state index is 0.0460. The molecule has 22 heavy (non-hydrogen) atoms. The van der Waals surface area contributed by atoms with Gasteiger partial charge in [-0.3, -0.25) is 4.79 Å².